The first kappa shape index (κ1) is 13.0. The molecular formula is C12H22N2O2. The van der Waals surface area contributed by atoms with E-state index in [0.29, 0.717) is 5.92 Å². The summed E-state index contributed by atoms with van der Waals surface area (Å²) in [6.45, 7) is 5.49. The van der Waals surface area contributed by atoms with Gasteiger partial charge in [0.2, 0.25) is 0 Å². The van der Waals surface area contributed by atoms with Crippen LogP contribution in [0.25, 0.3) is 0 Å². The van der Waals surface area contributed by atoms with Crippen LogP contribution in [0.5, 0.6) is 0 Å². The molecule has 0 atom stereocenters. The van der Waals surface area contributed by atoms with Gasteiger partial charge in [-0.15, -0.1) is 0 Å². The highest BCUT2D eigenvalue weighted by Crippen LogP contribution is 2.21. The van der Waals surface area contributed by atoms with Crippen LogP contribution in [0.2, 0.25) is 0 Å². The van der Waals surface area contributed by atoms with Gasteiger partial charge in [0.25, 0.3) is 0 Å². The second kappa shape index (κ2) is 5.87. The fourth-order valence-electron chi connectivity index (χ4n) is 1.78. The second-order valence-electron chi connectivity index (χ2n) is 5.29. The van der Waals surface area contributed by atoms with Gasteiger partial charge in [-0.1, -0.05) is 19.3 Å². The van der Waals surface area contributed by atoms with Crippen molar-refractivity contribution in [1.82, 2.24) is 5.43 Å². The molecular weight excluding hydrogens is 204 g/mol. The van der Waals surface area contributed by atoms with Crippen molar-refractivity contribution < 1.29 is 9.53 Å². The van der Waals surface area contributed by atoms with E-state index < -0.39 is 11.7 Å². The minimum atomic E-state index is -0.487. The van der Waals surface area contributed by atoms with Gasteiger partial charge in [0.15, 0.2) is 0 Å². The molecule has 1 N–H and O–H groups in total. The van der Waals surface area contributed by atoms with Gasteiger partial charge < -0.3 is 4.74 Å². The van der Waals surface area contributed by atoms with E-state index in [1.54, 1.807) is 0 Å². The van der Waals surface area contributed by atoms with Crippen molar-refractivity contribution in [3.05, 3.63) is 0 Å². The zero-order valence-corrected chi connectivity index (χ0v) is 10.5. The van der Waals surface area contributed by atoms with E-state index in [4.69, 9.17) is 4.74 Å². The number of amides is 1. The Hall–Kier alpha value is -1.06. The Bertz CT molecular complexity index is 250. The summed E-state index contributed by atoms with van der Waals surface area (Å²) in [5, 5.41) is 3.93. The first-order valence-electron chi connectivity index (χ1n) is 5.99. The topological polar surface area (TPSA) is 50.7 Å². The molecule has 1 amide bonds. The number of hydrazone groups is 1. The summed E-state index contributed by atoms with van der Waals surface area (Å²) in [5.74, 6) is 0.517. The largest absolute Gasteiger partial charge is 0.443 e. The minimum absolute atomic E-state index is 0.468. The molecule has 4 heteroatoms. The highest BCUT2D eigenvalue weighted by Gasteiger charge is 2.15. The lowest BCUT2D eigenvalue weighted by Gasteiger charge is -2.19. The normalized spacial score (nSPS) is 18.7. The van der Waals surface area contributed by atoms with Crippen LogP contribution in [-0.4, -0.2) is 17.9 Å². The Morgan fingerprint density at radius 2 is 1.94 bits per heavy atom. The number of hydrogen-bond donors (Lipinski definition) is 1. The predicted molar refractivity (Wildman–Crippen MR) is 64.4 cm³/mol. The molecule has 1 fully saturated rings. The SMILES string of the molecule is CC(C)(C)OC(=O)N/N=C/C1CCCCC1. The maximum Gasteiger partial charge on any atom is 0.428 e. The van der Waals surface area contributed by atoms with E-state index in [9.17, 15) is 4.79 Å². The van der Waals surface area contributed by atoms with Crippen molar-refractivity contribution in [3.8, 4) is 0 Å². The smallest absolute Gasteiger partial charge is 0.428 e. The number of ether oxygens (including phenoxy) is 1. The van der Waals surface area contributed by atoms with Crippen LogP contribution in [0.15, 0.2) is 5.10 Å². The molecule has 1 aliphatic carbocycles. The zero-order valence-electron chi connectivity index (χ0n) is 10.5. The van der Waals surface area contributed by atoms with E-state index >= 15 is 0 Å². The monoisotopic (exact) mass is 226 g/mol. The molecule has 1 saturated carbocycles. The molecule has 0 aliphatic heterocycles. The quantitative estimate of drug-likeness (QED) is 0.581. The average Bonchev–Trinajstić information content (AvgIpc) is 2.16. The van der Waals surface area contributed by atoms with Crippen molar-refractivity contribution >= 4 is 12.3 Å². The Labute approximate surface area is 97.4 Å². The van der Waals surface area contributed by atoms with Crippen LogP contribution in [0.3, 0.4) is 0 Å². The number of nitrogens with zero attached hydrogens (tertiary/aromatic N) is 1. The molecule has 16 heavy (non-hydrogen) atoms. The Kier molecular flexibility index (Phi) is 4.77. The van der Waals surface area contributed by atoms with Gasteiger partial charge in [-0.2, -0.15) is 5.10 Å². The van der Waals surface area contributed by atoms with E-state index in [0.717, 1.165) is 0 Å². The van der Waals surface area contributed by atoms with Gasteiger partial charge in [0, 0.05) is 6.21 Å². The number of nitrogens with one attached hydrogen (secondary N) is 1. The molecule has 0 bridgehead atoms. The maximum absolute atomic E-state index is 11.3. The number of rotatable bonds is 2. The van der Waals surface area contributed by atoms with Crippen LogP contribution < -0.4 is 5.43 Å². The predicted octanol–water partition coefficient (Wildman–Crippen LogP) is 3.08. The number of carbonyl (C=O) groups excluding carboxylic acids is 1. The van der Waals surface area contributed by atoms with Gasteiger partial charge in [0.1, 0.15) is 5.60 Å². The third-order valence-electron chi connectivity index (χ3n) is 2.49. The first-order valence-corrected chi connectivity index (χ1v) is 5.99. The summed E-state index contributed by atoms with van der Waals surface area (Å²) >= 11 is 0. The first-order chi connectivity index (χ1) is 7.47. The molecule has 4 nitrogen and oxygen atoms in total. The van der Waals surface area contributed by atoms with Crippen LogP contribution >= 0.6 is 0 Å². The van der Waals surface area contributed by atoms with Gasteiger partial charge in [0.05, 0.1) is 0 Å². The summed E-state index contributed by atoms with van der Waals surface area (Å²) in [6.07, 6.45) is 7.57. The highest BCUT2D eigenvalue weighted by atomic mass is 16.6. The molecule has 92 valence electrons. The van der Waals surface area contributed by atoms with Crippen LogP contribution in [0, 0.1) is 5.92 Å². The van der Waals surface area contributed by atoms with Crippen molar-refractivity contribution in [2.24, 2.45) is 11.0 Å². The van der Waals surface area contributed by atoms with E-state index in [-0.39, 0.29) is 0 Å². The lowest BCUT2D eigenvalue weighted by atomic mass is 9.90. The summed E-state index contributed by atoms with van der Waals surface area (Å²) in [5.41, 5.74) is 1.93. The van der Waals surface area contributed by atoms with Gasteiger partial charge >= 0.3 is 6.09 Å². The van der Waals surface area contributed by atoms with E-state index in [2.05, 4.69) is 10.5 Å². The molecule has 0 saturated heterocycles. The molecule has 0 aromatic carbocycles. The molecule has 0 unspecified atom stereocenters. The third-order valence-corrected chi connectivity index (χ3v) is 2.49. The molecule has 0 aromatic heterocycles. The van der Waals surface area contributed by atoms with Gasteiger partial charge in [-0.05, 0) is 39.5 Å². The van der Waals surface area contributed by atoms with Crippen LogP contribution in [-0.2, 0) is 4.74 Å². The van der Waals surface area contributed by atoms with Gasteiger partial charge in [-0.25, -0.2) is 10.2 Å². The van der Waals surface area contributed by atoms with E-state index in [1.807, 2.05) is 27.0 Å². The Morgan fingerprint density at radius 3 is 2.50 bits per heavy atom. The highest BCUT2D eigenvalue weighted by molar-refractivity contribution is 5.70. The maximum atomic E-state index is 11.3. The lowest BCUT2D eigenvalue weighted by molar-refractivity contribution is 0.0529. The summed E-state index contributed by atoms with van der Waals surface area (Å²) in [7, 11) is 0. The van der Waals surface area contributed by atoms with Crippen molar-refractivity contribution in [3.63, 3.8) is 0 Å². The lowest BCUT2D eigenvalue weighted by Crippen LogP contribution is -2.30. The molecule has 0 heterocycles. The summed E-state index contributed by atoms with van der Waals surface area (Å²) in [4.78, 5) is 11.3. The molecule has 0 aromatic rings. The van der Waals surface area contributed by atoms with Crippen molar-refractivity contribution in [1.29, 1.82) is 0 Å². The molecule has 0 spiro atoms. The molecule has 1 aliphatic rings. The number of hydrogen-bond acceptors (Lipinski definition) is 3. The van der Waals surface area contributed by atoms with E-state index in [1.165, 1.54) is 32.1 Å². The minimum Gasteiger partial charge on any atom is -0.443 e. The Balaban J connectivity index is 2.22. The molecule has 0 radical (unpaired) electrons. The van der Waals surface area contributed by atoms with Crippen molar-refractivity contribution in [2.75, 3.05) is 0 Å². The average molecular weight is 226 g/mol. The van der Waals surface area contributed by atoms with Crippen LogP contribution in [0.1, 0.15) is 52.9 Å². The van der Waals surface area contributed by atoms with Crippen molar-refractivity contribution in [2.45, 2.75) is 58.5 Å². The van der Waals surface area contributed by atoms with Crippen LogP contribution in [0.4, 0.5) is 4.79 Å². The van der Waals surface area contributed by atoms with Gasteiger partial charge in [-0.3, -0.25) is 0 Å². The summed E-state index contributed by atoms with van der Waals surface area (Å²) < 4.78 is 5.06. The fraction of sp³-hybridized carbons (Fsp3) is 0.833. The number of carbonyl (C=O) groups is 1. The zero-order chi connectivity index (χ0) is 12.0. The Morgan fingerprint density at radius 1 is 1.31 bits per heavy atom. The standard InChI is InChI=1S/C12H22N2O2/c1-12(2,3)16-11(15)14-13-9-10-7-5-4-6-8-10/h9-10H,4-8H2,1-3H3,(H,14,15)/b13-9+. The summed E-state index contributed by atoms with van der Waals surface area (Å²) in [6, 6.07) is 0. The second-order valence-corrected chi connectivity index (χ2v) is 5.29. The molecule has 1 rings (SSSR count). The fourth-order valence-corrected chi connectivity index (χ4v) is 1.78. The third kappa shape index (κ3) is 5.73.